The zero-order valence-corrected chi connectivity index (χ0v) is 32.6. The Hall–Kier alpha value is -6.06. The minimum absolute atomic E-state index is 0. The molecule has 0 radical (unpaired) electrons. The summed E-state index contributed by atoms with van der Waals surface area (Å²) in [5, 5.41) is 17.2. The number of halogens is 7. The number of hydrogen-bond donors (Lipinski definition) is 2. The smallest absolute Gasteiger partial charge is 0.394 e. The number of ether oxygens (including phenoxy) is 2. The lowest BCUT2D eigenvalue weighted by Crippen LogP contribution is -3.00. The van der Waals surface area contributed by atoms with E-state index in [1.165, 1.54) is 64.1 Å². The lowest BCUT2D eigenvalue weighted by Gasteiger charge is -2.18. The number of pyridine rings is 2. The molecule has 2 aliphatic carbocycles. The van der Waals surface area contributed by atoms with E-state index in [4.69, 9.17) is 14.6 Å². The highest BCUT2D eigenvalue weighted by Crippen LogP contribution is 2.60. The molecule has 2 N–H and O–H groups in total. The third-order valence-electron chi connectivity index (χ3n) is 10.1. The van der Waals surface area contributed by atoms with Crippen LogP contribution in [0.5, 0.6) is 11.8 Å². The fraction of sp³-hybridized carbons (Fsp3) is 0.368. The van der Waals surface area contributed by atoms with Crippen LogP contribution in [0.3, 0.4) is 0 Å². The summed E-state index contributed by atoms with van der Waals surface area (Å²) in [4.78, 5) is 31.9. The van der Waals surface area contributed by atoms with Gasteiger partial charge < -0.3 is 20.7 Å². The lowest BCUT2D eigenvalue weighted by atomic mass is 10.0. The molecule has 4 aromatic heterocycles. The van der Waals surface area contributed by atoms with Gasteiger partial charge in [-0.2, -0.15) is 26.3 Å². The predicted octanol–water partition coefficient (Wildman–Crippen LogP) is 4.31. The second kappa shape index (κ2) is 17.3. The molecule has 324 valence electrons. The molecule has 5 aromatic rings. The van der Waals surface area contributed by atoms with E-state index in [1.807, 2.05) is 4.72 Å². The van der Waals surface area contributed by atoms with Crippen LogP contribution in [0.2, 0.25) is 0 Å². The molecule has 60 heavy (non-hydrogen) atoms. The number of aromatic nitrogens is 6. The summed E-state index contributed by atoms with van der Waals surface area (Å²) >= 11 is 0. The largest absolute Gasteiger partial charge is 1.00 e. The van der Waals surface area contributed by atoms with E-state index in [0.29, 0.717) is 17.3 Å². The van der Waals surface area contributed by atoms with Crippen molar-refractivity contribution in [3.8, 4) is 23.4 Å². The maximum atomic E-state index is 13.0. The van der Waals surface area contributed by atoms with Gasteiger partial charge in [-0.15, -0.1) is 10.2 Å². The number of hydrogen-bond acceptors (Lipinski definition) is 10. The summed E-state index contributed by atoms with van der Waals surface area (Å²) in [6, 6.07) is 16.3. The topological polar surface area (TPSA) is 180 Å². The van der Waals surface area contributed by atoms with Crippen LogP contribution in [0.4, 0.5) is 26.3 Å². The Morgan fingerprint density at radius 3 is 1.55 bits per heavy atom. The monoisotopic (exact) mass is 870 g/mol. The highest BCUT2D eigenvalue weighted by Gasteiger charge is 2.63. The summed E-state index contributed by atoms with van der Waals surface area (Å²) < 4.78 is 118. The van der Waals surface area contributed by atoms with Crippen molar-refractivity contribution in [3.05, 3.63) is 102 Å². The number of aromatic carboxylic acids is 1. The molecule has 22 heteroatoms. The first kappa shape index (κ1) is 45.0. The van der Waals surface area contributed by atoms with Gasteiger partial charge in [0.05, 0.1) is 51.5 Å². The zero-order valence-electron chi connectivity index (χ0n) is 32.8. The number of benzene rings is 1. The van der Waals surface area contributed by atoms with Crippen LogP contribution >= 0.6 is 0 Å². The summed E-state index contributed by atoms with van der Waals surface area (Å²) in [5.74, 6) is -0.841. The van der Waals surface area contributed by atoms with Crippen LogP contribution in [-0.4, -0.2) is 80.5 Å². The van der Waals surface area contributed by atoms with E-state index in [-0.39, 0.29) is 91.3 Å². The van der Waals surface area contributed by atoms with Gasteiger partial charge in [-0.1, -0.05) is 18.2 Å². The Kier molecular flexibility index (Phi) is 13.0. The Balaban J connectivity index is 0.000000271. The molecule has 2 saturated carbocycles. The van der Waals surface area contributed by atoms with Crippen LogP contribution < -0.4 is 18.9 Å². The van der Waals surface area contributed by atoms with Gasteiger partial charge in [-0.3, -0.25) is 4.79 Å². The molecule has 7 rings (SSSR count). The first-order valence-electron chi connectivity index (χ1n) is 18.0. The SMILES string of the molecule is Cc1nc(-n2ccc(OCCC3(C(F)(F)F)CC3)n2)ccc1C(=O)NS(=O)(=O)c1ccccc1.Cc1nc(-n2ccc(OCCC3(C(F)(F)F)CC3)n2)ccc1C(=O)O.[2H-].[F-]. The molecule has 2 fully saturated rings. The standard InChI is InChI=1S/C22H21F3N4O4S.C16H16F3N3O3.FH.H/c1-15-17(20(30)28-34(31,32)16-5-3-2-4-6-16)7-8-18(26-15)29-13-9-19(27-29)33-14-12-21(10-11-21)22(23,24)25;1-10-11(14(23)24)2-3-12(20-10)22-8-4-13(21-22)25-9-7-15(5-6-15)16(17,18)19;;/h2-9,13H,10-12,14H2,1H3,(H,28,30);2-4,8H,5-7,9H2,1H3,(H,23,24);1H;/q;;;-1/p-1/i;;;1+1. The molecular weight excluding hydrogens is 832 g/mol. The number of rotatable bonds is 14. The van der Waals surface area contributed by atoms with Crippen molar-refractivity contribution in [1.82, 2.24) is 34.3 Å². The number of alkyl halides is 6. The van der Waals surface area contributed by atoms with Crippen molar-refractivity contribution in [2.24, 2.45) is 10.8 Å². The van der Waals surface area contributed by atoms with Crippen molar-refractivity contribution in [2.75, 3.05) is 13.2 Å². The Morgan fingerprint density at radius 1 is 0.733 bits per heavy atom. The van der Waals surface area contributed by atoms with E-state index < -0.39 is 45.1 Å². The molecule has 0 atom stereocenters. The molecule has 1 aromatic carbocycles. The molecular formula is C38H38F7N7O7S-2. The minimum Gasteiger partial charge on any atom is -1.00 e. The second-order valence-corrected chi connectivity index (χ2v) is 15.8. The summed E-state index contributed by atoms with van der Waals surface area (Å²) in [7, 11) is -4.04. The van der Waals surface area contributed by atoms with E-state index >= 15 is 0 Å². The van der Waals surface area contributed by atoms with E-state index in [9.17, 15) is 44.3 Å². The van der Waals surface area contributed by atoms with Crippen molar-refractivity contribution in [3.63, 3.8) is 0 Å². The normalized spacial score (nSPS) is 15.1. The van der Waals surface area contributed by atoms with E-state index in [0.717, 1.165) is 0 Å². The Labute approximate surface area is 339 Å². The van der Waals surface area contributed by atoms with Crippen molar-refractivity contribution < 1.29 is 65.1 Å². The van der Waals surface area contributed by atoms with Gasteiger partial charge in [0.2, 0.25) is 11.8 Å². The fourth-order valence-corrected chi connectivity index (χ4v) is 7.02. The van der Waals surface area contributed by atoms with Crippen LogP contribution in [-0.2, 0) is 10.0 Å². The molecule has 0 unspecified atom stereocenters. The van der Waals surface area contributed by atoms with Crippen molar-refractivity contribution in [2.45, 2.75) is 69.6 Å². The van der Waals surface area contributed by atoms with E-state index in [2.05, 4.69) is 20.2 Å². The highest BCUT2D eigenvalue weighted by molar-refractivity contribution is 7.90. The average molecular weight is 871 g/mol. The summed E-state index contributed by atoms with van der Waals surface area (Å²) in [6.45, 7) is 2.93. The third kappa shape index (κ3) is 10.2. The van der Waals surface area contributed by atoms with Gasteiger partial charge >= 0.3 is 18.3 Å². The zero-order chi connectivity index (χ0) is 42.8. The van der Waals surface area contributed by atoms with E-state index in [1.54, 1.807) is 38.2 Å². The molecule has 4 heterocycles. The summed E-state index contributed by atoms with van der Waals surface area (Å²) in [6.07, 6.45) is -5.05. The molecule has 2 aliphatic rings. The van der Waals surface area contributed by atoms with Gasteiger partial charge in [0.25, 0.3) is 15.9 Å². The molecule has 0 saturated heterocycles. The molecule has 0 bridgehead atoms. The predicted molar refractivity (Wildman–Crippen MR) is 197 cm³/mol. The molecule has 0 aliphatic heterocycles. The van der Waals surface area contributed by atoms with Crippen LogP contribution in [0.15, 0.2) is 84.0 Å². The maximum absolute atomic E-state index is 13.0. The third-order valence-corrected chi connectivity index (χ3v) is 11.4. The number of carbonyl (C=O) groups is 2. The van der Waals surface area contributed by atoms with Gasteiger partial charge in [0.15, 0.2) is 11.6 Å². The van der Waals surface area contributed by atoms with Gasteiger partial charge in [-0.05, 0) is 88.8 Å². The molecule has 14 nitrogen and oxygen atoms in total. The molecule has 0 spiro atoms. The summed E-state index contributed by atoms with van der Waals surface area (Å²) in [5.41, 5.74) is -2.48. The molecule has 1 amide bonds. The number of carboxylic acids is 1. The Bertz CT molecular complexity index is 2440. The number of carbonyl (C=O) groups excluding carboxylic acids is 1. The number of amides is 1. The van der Waals surface area contributed by atoms with Crippen LogP contribution in [0.25, 0.3) is 11.6 Å². The van der Waals surface area contributed by atoms with Crippen LogP contribution in [0, 0.1) is 24.7 Å². The Morgan fingerprint density at radius 2 is 1.17 bits per heavy atom. The lowest BCUT2D eigenvalue weighted by molar-refractivity contribution is -0.190. The maximum Gasteiger partial charge on any atom is 0.394 e. The number of sulfonamides is 1. The first-order chi connectivity index (χ1) is 27.7. The highest BCUT2D eigenvalue weighted by atomic mass is 32.2. The minimum atomic E-state index is -4.23. The first-order valence-corrected chi connectivity index (χ1v) is 19.5. The van der Waals surface area contributed by atoms with Crippen molar-refractivity contribution >= 4 is 21.9 Å². The van der Waals surface area contributed by atoms with Crippen LogP contribution in [0.1, 0.15) is 72.1 Å². The van der Waals surface area contributed by atoms with Gasteiger partial charge in [-0.25, -0.2) is 37.3 Å². The quantitative estimate of drug-likeness (QED) is 0.152. The number of nitrogens with one attached hydrogen (secondary N) is 1. The van der Waals surface area contributed by atoms with Crippen molar-refractivity contribution in [1.29, 1.82) is 0 Å². The fourth-order valence-electron chi connectivity index (χ4n) is 6.03. The second-order valence-electron chi connectivity index (χ2n) is 14.1. The average Bonchev–Trinajstić information content (AvgIpc) is 4.04. The van der Waals surface area contributed by atoms with Gasteiger partial charge in [0, 0.05) is 24.5 Å². The number of carboxylic acid groups (broad SMARTS) is 1. The number of nitrogens with zero attached hydrogens (tertiary/aromatic N) is 6. The number of aryl methyl sites for hydroxylation is 2. The van der Waals surface area contributed by atoms with Gasteiger partial charge in [0.1, 0.15) is 0 Å².